The van der Waals surface area contributed by atoms with Crippen molar-refractivity contribution in [1.82, 2.24) is 34.4 Å². The molecule has 0 aliphatic carbocycles. The van der Waals surface area contributed by atoms with Crippen LogP contribution in [0.1, 0.15) is 38.6 Å². The van der Waals surface area contributed by atoms with Crippen molar-refractivity contribution >= 4 is 5.91 Å². The van der Waals surface area contributed by atoms with Crippen molar-refractivity contribution in [1.29, 1.82) is 0 Å². The van der Waals surface area contributed by atoms with Crippen LogP contribution < -0.4 is 5.69 Å². The molecular weight excluding hydrogens is 310 g/mol. The minimum absolute atomic E-state index is 0.0733. The lowest BCUT2D eigenvalue weighted by Gasteiger charge is -2.33. The number of nitrogens with zero attached hydrogens (tertiary/aromatic N) is 6. The van der Waals surface area contributed by atoms with Crippen molar-refractivity contribution in [2.75, 3.05) is 13.1 Å². The van der Waals surface area contributed by atoms with E-state index in [1.165, 1.54) is 6.33 Å². The molecule has 0 bridgehead atoms. The summed E-state index contributed by atoms with van der Waals surface area (Å²) in [7, 11) is 0. The Kier molecular flexibility index (Phi) is 4.77. The zero-order valence-electron chi connectivity index (χ0n) is 14.1. The fraction of sp³-hybridized carbons (Fsp3) is 0.667. The Labute approximate surface area is 139 Å². The molecule has 1 saturated heterocycles. The van der Waals surface area contributed by atoms with Crippen LogP contribution >= 0.6 is 0 Å². The van der Waals surface area contributed by atoms with Gasteiger partial charge in [-0.15, -0.1) is 0 Å². The van der Waals surface area contributed by atoms with Gasteiger partial charge in [-0.1, -0.05) is 0 Å². The standard InChI is InChI=1S/C15H23N7O2/c1-3-21-13(18-19-15(21)24)8-12-4-6-20(7-5-12)14(23)11(2)22-10-16-9-17-22/h9-12H,3-8H2,1-2H3,(H,19,24)/t11-/m1/s1. The number of carbonyl (C=O) groups excluding carboxylic acids is 1. The summed E-state index contributed by atoms with van der Waals surface area (Å²) in [6.45, 7) is 5.85. The fourth-order valence-electron chi connectivity index (χ4n) is 3.24. The summed E-state index contributed by atoms with van der Waals surface area (Å²) < 4.78 is 3.25. The van der Waals surface area contributed by atoms with Crippen molar-refractivity contribution in [2.24, 2.45) is 5.92 Å². The number of rotatable bonds is 5. The van der Waals surface area contributed by atoms with Gasteiger partial charge in [0.05, 0.1) is 0 Å². The van der Waals surface area contributed by atoms with Gasteiger partial charge >= 0.3 is 5.69 Å². The van der Waals surface area contributed by atoms with E-state index in [9.17, 15) is 9.59 Å². The second kappa shape index (κ2) is 6.98. The number of carbonyl (C=O) groups is 1. The van der Waals surface area contributed by atoms with Crippen LogP contribution in [-0.2, 0) is 17.8 Å². The van der Waals surface area contributed by atoms with Crippen LogP contribution in [0.5, 0.6) is 0 Å². The second-order valence-electron chi connectivity index (χ2n) is 6.21. The van der Waals surface area contributed by atoms with E-state index < -0.39 is 0 Å². The van der Waals surface area contributed by atoms with Gasteiger partial charge in [-0.05, 0) is 32.6 Å². The van der Waals surface area contributed by atoms with Crippen LogP contribution in [0.15, 0.2) is 17.4 Å². The predicted molar refractivity (Wildman–Crippen MR) is 86.3 cm³/mol. The Balaban J connectivity index is 1.56. The highest BCUT2D eigenvalue weighted by molar-refractivity contribution is 5.80. The molecule has 3 heterocycles. The number of amides is 1. The maximum absolute atomic E-state index is 12.5. The molecule has 2 aromatic rings. The fourth-order valence-corrected chi connectivity index (χ4v) is 3.24. The lowest BCUT2D eigenvalue weighted by molar-refractivity contribution is -0.136. The molecule has 1 fully saturated rings. The number of nitrogens with one attached hydrogen (secondary N) is 1. The van der Waals surface area contributed by atoms with Crippen LogP contribution in [0.3, 0.4) is 0 Å². The largest absolute Gasteiger partial charge is 0.343 e. The van der Waals surface area contributed by atoms with E-state index in [4.69, 9.17) is 0 Å². The molecule has 2 aromatic heterocycles. The number of piperidine rings is 1. The number of H-pyrrole nitrogens is 1. The third-order valence-corrected chi connectivity index (χ3v) is 4.74. The molecule has 0 saturated carbocycles. The first-order chi connectivity index (χ1) is 11.6. The van der Waals surface area contributed by atoms with E-state index in [2.05, 4.69) is 20.3 Å². The van der Waals surface area contributed by atoms with Gasteiger partial charge in [0.1, 0.15) is 24.5 Å². The zero-order chi connectivity index (χ0) is 17.1. The van der Waals surface area contributed by atoms with Crippen molar-refractivity contribution in [3.63, 3.8) is 0 Å². The number of aromatic nitrogens is 6. The van der Waals surface area contributed by atoms with Gasteiger partial charge in [-0.3, -0.25) is 9.36 Å². The zero-order valence-corrected chi connectivity index (χ0v) is 14.1. The molecule has 1 aliphatic rings. The number of likely N-dealkylation sites (tertiary alicyclic amines) is 1. The minimum Gasteiger partial charge on any atom is -0.341 e. The summed E-state index contributed by atoms with van der Waals surface area (Å²) in [5, 5.41) is 10.7. The average Bonchev–Trinajstić information content (AvgIpc) is 3.24. The summed E-state index contributed by atoms with van der Waals surface area (Å²) in [5.74, 6) is 1.32. The molecule has 0 aromatic carbocycles. The van der Waals surface area contributed by atoms with Gasteiger partial charge in [-0.2, -0.15) is 10.2 Å². The highest BCUT2D eigenvalue weighted by atomic mass is 16.2. The van der Waals surface area contributed by atoms with E-state index in [0.29, 0.717) is 12.5 Å². The van der Waals surface area contributed by atoms with Crippen molar-refractivity contribution in [3.05, 3.63) is 29.0 Å². The van der Waals surface area contributed by atoms with Gasteiger partial charge in [0.25, 0.3) is 0 Å². The summed E-state index contributed by atoms with van der Waals surface area (Å²) in [6, 6.07) is -0.333. The van der Waals surface area contributed by atoms with Crippen LogP contribution in [0.4, 0.5) is 0 Å². The molecule has 130 valence electrons. The Hall–Kier alpha value is -2.45. The van der Waals surface area contributed by atoms with Gasteiger partial charge in [-0.25, -0.2) is 19.6 Å². The third kappa shape index (κ3) is 3.24. The molecular formula is C15H23N7O2. The third-order valence-electron chi connectivity index (χ3n) is 4.74. The van der Waals surface area contributed by atoms with E-state index >= 15 is 0 Å². The quantitative estimate of drug-likeness (QED) is 0.843. The SMILES string of the molecule is CCn1c(CC2CCN(C(=O)[C@@H](C)n3cncn3)CC2)n[nH]c1=O. The van der Waals surface area contributed by atoms with Crippen LogP contribution in [0.25, 0.3) is 0 Å². The molecule has 1 N–H and O–H groups in total. The molecule has 3 rings (SSSR count). The maximum Gasteiger partial charge on any atom is 0.343 e. The molecule has 1 atom stereocenters. The summed E-state index contributed by atoms with van der Waals surface area (Å²) in [6.07, 6.45) is 5.61. The first-order valence-corrected chi connectivity index (χ1v) is 8.37. The molecule has 1 amide bonds. The molecule has 0 radical (unpaired) electrons. The van der Waals surface area contributed by atoms with E-state index in [1.54, 1.807) is 15.6 Å². The Morgan fingerprint density at radius 1 is 1.42 bits per heavy atom. The van der Waals surface area contributed by atoms with Crippen molar-refractivity contribution < 1.29 is 4.79 Å². The molecule has 24 heavy (non-hydrogen) atoms. The predicted octanol–water partition coefficient (Wildman–Crippen LogP) is 0.225. The van der Waals surface area contributed by atoms with Crippen molar-refractivity contribution in [3.8, 4) is 0 Å². The highest BCUT2D eigenvalue weighted by Gasteiger charge is 2.28. The van der Waals surface area contributed by atoms with Gasteiger partial charge in [0.2, 0.25) is 5.91 Å². The second-order valence-corrected chi connectivity index (χ2v) is 6.21. The molecule has 1 aliphatic heterocycles. The Morgan fingerprint density at radius 3 is 2.79 bits per heavy atom. The average molecular weight is 333 g/mol. The summed E-state index contributed by atoms with van der Waals surface area (Å²) in [5.41, 5.74) is -0.151. The smallest absolute Gasteiger partial charge is 0.341 e. The van der Waals surface area contributed by atoms with Gasteiger partial charge < -0.3 is 4.90 Å². The van der Waals surface area contributed by atoms with E-state index in [0.717, 1.165) is 38.2 Å². The van der Waals surface area contributed by atoms with E-state index in [-0.39, 0.29) is 17.6 Å². The van der Waals surface area contributed by atoms with Crippen LogP contribution in [0, 0.1) is 5.92 Å². The van der Waals surface area contributed by atoms with E-state index in [1.807, 2.05) is 18.7 Å². The number of hydrogen-bond donors (Lipinski definition) is 1. The van der Waals surface area contributed by atoms with Crippen LogP contribution in [0.2, 0.25) is 0 Å². The first-order valence-electron chi connectivity index (χ1n) is 8.37. The lowest BCUT2D eigenvalue weighted by atomic mass is 9.93. The molecule has 9 nitrogen and oxygen atoms in total. The van der Waals surface area contributed by atoms with Gasteiger partial charge in [0, 0.05) is 26.1 Å². The summed E-state index contributed by atoms with van der Waals surface area (Å²) >= 11 is 0. The van der Waals surface area contributed by atoms with Crippen molar-refractivity contribution in [2.45, 2.75) is 45.7 Å². The number of aromatic amines is 1. The molecule has 0 unspecified atom stereocenters. The number of hydrogen-bond acceptors (Lipinski definition) is 5. The first kappa shape index (κ1) is 16.4. The monoisotopic (exact) mass is 333 g/mol. The Bertz CT molecular complexity index is 725. The molecule has 9 heteroatoms. The van der Waals surface area contributed by atoms with Crippen LogP contribution in [-0.4, -0.2) is 53.4 Å². The molecule has 0 spiro atoms. The minimum atomic E-state index is -0.333. The topological polar surface area (TPSA) is 102 Å². The maximum atomic E-state index is 12.5. The normalized spacial score (nSPS) is 17.2. The highest BCUT2D eigenvalue weighted by Crippen LogP contribution is 2.22. The summed E-state index contributed by atoms with van der Waals surface area (Å²) in [4.78, 5) is 29.9. The lowest BCUT2D eigenvalue weighted by Crippen LogP contribution is -2.42. The van der Waals surface area contributed by atoms with Gasteiger partial charge in [0.15, 0.2) is 0 Å². The Morgan fingerprint density at radius 2 is 2.17 bits per heavy atom.